The summed E-state index contributed by atoms with van der Waals surface area (Å²) in [6.07, 6.45) is 0.792. The van der Waals surface area contributed by atoms with Crippen LogP contribution in [0.15, 0.2) is 36.4 Å². The van der Waals surface area contributed by atoms with Crippen LogP contribution in [-0.2, 0) is 21.5 Å². The molecule has 1 saturated heterocycles. The minimum atomic E-state index is -0.551. The summed E-state index contributed by atoms with van der Waals surface area (Å²) in [4.78, 5) is 14.9. The molecule has 0 amide bonds. The van der Waals surface area contributed by atoms with Crippen LogP contribution in [0.25, 0.3) is 0 Å². The Hall–Kier alpha value is -2.14. The molecule has 1 fully saturated rings. The number of rotatable bonds is 5. The van der Waals surface area contributed by atoms with Crippen molar-refractivity contribution >= 4 is 5.97 Å². The number of ether oxygens (including phenoxy) is 1. The Morgan fingerprint density at radius 2 is 2.00 bits per heavy atom. The van der Waals surface area contributed by atoms with Gasteiger partial charge in [-0.3, -0.25) is 14.4 Å². The van der Waals surface area contributed by atoms with Crippen LogP contribution in [0.5, 0.6) is 0 Å². The van der Waals surface area contributed by atoms with Gasteiger partial charge in [0.15, 0.2) is 0 Å². The zero-order valence-corrected chi connectivity index (χ0v) is 14.7. The molecule has 1 aliphatic heterocycles. The molecule has 1 atom stereocenters. The van der Waals surface area contributed by atoms with Crippen LogP contribution in [0.2, 0.25) is 0 Å². The van der Waals surface area contributed by atoms with E-state index in [0.29, 0.717) is 6.54 Å². The van der Waals surface area contributed by atoms with E-state index < -0.39 is 5.41 Å². The molecule has 1 unspecified atom stereocenters. The van der Waals surface area contributed by atoms with Crippen molar-refractivity contribution in [3.8, 4) is 0 Å². The Morgan fingerprint density at radius 1 is 1.25 bits per heavy atom. The Labute approximate surface area is 143 Å². The van der Waals surface area contributed by atoms with Gasteiger partial charge in [0.1, 0.15) is 5.41 Å². The van der Waals surface area contributed by atoms with Gasteiger partial charge in [0.2, 0.25) is 0 Å². The smallest absolute Gasteiger partial charge is 0.317 e. The lowest BCUT2D eigenvalue weighted by molar-refractivity contribution is -0.147. The minimum absolute atomic E-state index is 0.137. The molecule has 128 valence electrons. The zero-order chi connectivity index (χ0) is 17.2. The SMILES string of the molecule is COC(=O)C1(c2ccccc2)CCN(CCn2nc(C)cc2C)C1. The van der Waals surface area contributed by atoms with Crippen molar-refractivity contribution in [2.24, 2.45) is 0 Å². The molecule has 0 radical (unpaired) electrons. The van der Waals surface area contributed by atoms with Gasteiger partial charge in [-0.05, 0) is 38.4 Å². The van der Waals surface area contributed by atoms with E-state index in [4.69, 9.17) is 4.74 Å². The van der Waals surface area contributed by atoms with Crippen molar-refractivity contribution in [2.45, 2.75) is 32.2 Å². The molecule has 24 heavy (non-hydrogen) atoms. The molecule has 0 N–H and O–H groups in total. The summed E-state index contributed by atoms with van der Waals surface area (Å²) in [5.41, 5.74) is 2.71. The summed E-state index contributed by atoms with van der Waals surface area (Å²) in [5.74, 6) is -0.137. The lowest BCUT2D eigenvalue weighted by Crippen LogP contribution is -2.40. The van der Waals surface area contributed by atoms with Crippen LogP contribution >= 0.6 is 0 Å². The topological polar surface area (TPSA) is 47.4 Å². The zero-order valence-electron chi connectivity index (χ0n) is 14.7. The quantitative estimate of drug-likeness (QED) is 0.791. The molecular weight excluding hydrogens is 302 g/mol. The molecule has 2 heterocycles. The molecule has 5 heteroatoms. The van der Waals surface area contributed by atoms with E-state index in [1.807, 2.05) is 41.9 Å². The fourth-order valence-electron chi connectivity index (χ4n) is 3.69. The Kier molecular flexibility index (Phi) is 4.71. The van der Waals surface area contributed by atoms with Crippen LogP contribution in [0, 0.1) is 13.8 Å². The average molecular weight is 327 g/mol. The van der Waals surface area contributed by atoms with E-state index in [1.165, 1.54) is 12.8 Å². The molecule has 2 aromatic rings. The normalized spacial score (nSPS) is 21.1. The second-order valence-corrected chi connectivity index (χ2v) is 6.62. The highest BCUT2D eigenvalue weighted by Crippen LogP contribution is 2.35. The number of esters is 1. The lowest BCUT2D eigenvalue weighted by atomic mass is 9.79. The van der Waals surface area contributed by atoms with Gasteiger partial charge in [-0.2, -0.15) is 5.10 Å². The highest BCUT2D eigenvalue weighted by molar-refractivity contribution is 5.84. The lowest BCUT2D eigenvalue weighted by Gasteiger charge is -2.27. The van der Waals surface area contributed by atoms with Gasteiger partial charge in [-0.15, -0.1) is 0 Å². The van der Waals surface area contributed by atoms with Crippen LogP contribution in [0.4, 0.5) is 0 Å². The first-order chi connectivity index (χ1) is 11.5. The maximum Gasteiger partial charge on any atom is 0.317 e. The van der Waals surface area contributed by atoms with Gasteiger partial charge in [-0.25, -0.2) is 0 Å². The minimum Gasteiger partial charge on any atom is -0.468 e. The third kappa shape index (κ3) is 3.08. The predicted molar refractivity (Wildman–Crippen MR) is 92.9 cm³/mol. The highest BCUT2D eigenvalue weighted by atomic mass is 16.5. The average Bonchev–Trinajstić information content (AvgIpc) is 3.17. The number of carbonyl (C=O) groups excluding carboxylic acids is 1. The van der Waals surface area contributed by atoms with Gasteiger partial charge in [0.05, 0.1) is 19.3 Å². The first-order valence-electron chi connectivity index (χ1n) is 8.42. The van der Waals surface area contributed by atoms with E-state index in [-0.39, 0.29) is 5.97 Å². The summed E-state index contributed by atoms with van der Waals surface area (Å²) in [6.45, 7) is 7.40. The van der Waals surface area contributed by atoms with Gasteiger partial charge in [0.25, 0.3) is 0 Å². The van der Waals surface area contributed by atoms with Gasteiger partial charge in [0, 0.05) is 18.8 Å². The first-order valence-corrected chi connectivity index (χ1v) is 8.42. The number of hydrogen-bond acceptors (Lipinski definition) is 4. The van der Waals surface area contributed by atoms with Crippen molar-refractivity contribution in [3.05, 3.63) is 53.3 Å². The van der Waals surface area contributed by atoms with Crippen molar-refractivity contribution in [3.63, 3.8) is 0 Å². The van der Waals surface area contributed by atoms with E-state index >= 15 is 0 Å². The van der Waals surface area contributed by atoms with Gasteiger partial charge < -0.3 is 4.74 Å². The molecule has 0 saturated carbocycles. The molecular formula is C19H25N3O2. The second-order valence-electron chi connectivity index (χ2n) is 6.62. The van der Waals surface area contributed by atoms with Crippen molar-refractivity contribution in [1.29, 1.82) is 0 Å². The Morgan fingerprint density at radius 3 is 2.62 bits per heavy atom. The summed E-state index contributed by atoms with van der Waals surface area (Å²) < 4.78 is 7.18. The van der Waals surface area contributed by atoms with Crippen LogP contribution < -0.4 is 0 Å². The summed E-state index contributed by atoms with van der Waals surface area (Å²) >= 11 is 0. The van der Waals surface area contributed by atoms with E-state index in [0.717, 1.165) is 37.3 Å². The summed E-state index contributed by atoms with van der Waals surface area (Å²) in [6, 6.07) is 12.1. The van der Waals surface area contributed by atoms with E-state index in [2.05, 4.69) is 23.0 Å². The van der Waals surface area contributed by atoms with Crippen molar-refractivity contribution < 1.29 is 9.53 Å². The van der Waals surface area contributed by atoms with E-state index in [1.54, 1.807) is 0 Å². The fraction of sp³-hybridized carbons (Fsp3) is 0.474. The summed E-state index contributed by atoms with van der Waals surface area (Å²) in [5, 5.41) is 4.52. The Bertz CT molecular complexity index is 711. The molecule has 1 aromatic heterocycles. The van der Waals surface area contributed by atoms with Crippen molar-refractivity contribution in [1.82, 2.24) is 14.7 Å². The summed E-state index contributed by atoms with van der Waals surface area (Å²) in [7, 11) is 1.48. The van der Waals surface area contributed by atoms with Gasteiger partial charge >= 0.3 is 5.97 Å². The highest BCUT2D eigenvalue weighted by Gasteiger charge is 2.46. The van der Waals surface area contributed by atoms with Crippen LogP contribution in [0.3, 0.4) is 0 Å². The van der Waals surface area contributed by atoms with Crippen LogP contribution in [0.1, 0.15) is 23.4 Å². The monoisotopic (exact) mass is 327 g/mol. The predicted octanol–water partition coefficient (Wildman–Crippen LogP) is 2.32. The van der Waals surface area contributed by atoms with Crippen LogP contribution in [-0.4, -0.2) is 47.4 Å². The molecule has 0 spiro atoms. The third-order valence-electron chi connectivity index (χ3n) is 4.98. The fourth-order valence-corrected chi connectivity index (χ4v) is 3.69. The maximum absolute atomic E-state index is 12.5. The standard InChI is InChI=1S/C19H25N3O2/c1-15-13-16(2)22(20-15)12-11-21-10-9-19(14-21,18(23)24-3)17-7-5-4-6-8-17/h4-8,13H,9-12,14H2,1-3H3. The molecule has 0 bridgehead atoms. The first kappa shape index (κ1) is 16.7. The number of carbonyl (C=O) groups is 1. The number of aryl methyl sites for hydroxylation is 2. The number of methoxy groups -OCH3 is 1. The molecule has 1 aromatic carbocycles. The molecule has 0 aliphatic carbocycles. The number of benzene rings is 1. The number of hydrogen-bond donors (Lipinski definition) is 0. The number of nitrogens with zero attached hydrogens (tertiary/aromatic N) is 3. The molecule has 5 nitrogen and oxygen atoms in total. The molecule has 3 rings (SSSR count). The maximum atomic E-state index is 12.5. The van der Waals surface area contributed by atoms with E-state index in [9.17, 15) is 4.79 Å². The Balaban J connectivity index is 1.73. The third-order valence-corrected chi connectivity index (χ3v) is 4.98. The largest absolute Gasteiger partial charge is 0.468 e. The van der Waals surface area contributed by atoms with Gasteiger partial charge in [-0.1, -0.05) is 30.3 Å². The second kappa shape index (κ2) is 6.77. The number of likely N-dealkylation sites (tertiary alicyclic amines) is 1. The van der Waals surface area contributed by atoms with Crippen molar-refractivity contribution in [2.75, 3.05) is 26.7 Å². The number of aromatic nitrogens is 2. The molecule has 1 aliphatic rings.